The Kier molecular flexibility index (Phi) is 4.76. The van der Waals surface area contributed by atoms with Gasteiger partial charge in [0, 0.05) is 26.2 Å². The van der Waals surface area contributed by atoms with E-state index in [1.165, 1.54) is 6.07 Å². The summed E-state index contributed by atoms with van der Waals surface area (Å²) in [6.07, 6.45) is 0. The van der Waals surface area contributed by atoms with Gasteiger partial charge in [-0.15, -0.1) is 0 Å². The first-order valence-corrected chi connectivity index (χ1v) is 8.01. The molecule has 2 amide bonds. The van der Waals surface area contributed by atoms with E-state index in [0.717, 1.165) is 11.4 Å². The molecule has 1 atom stereocenters. The molecule has 2 heterocycles. The zero-order chi connectivity index (χ0) is 16.2. The van der Waals surface area contributed by atoms with Gasteiger partial charge in [0.2, 0.25) is 0 Å². The smallest absolute Gasteiger partial charge is 0.277 e. The minimum absolute atomic E-state index is 0.00317. The number of quaternary nitrogens is 1. The maximum Gasteiger partial charge on any atom is 0.277 e. The largest absolute Gasteiger partial charge is 0.366 e. The van der Waals surface area contributed by atoms with Crippen LogP contribution in [-0.4, -0.2) is 69.1 Å². The lowest BCUT2D eigenvalue weighted by molar-refractivity contribution is -0.885. The predicted octanol–water partition coefficient (Wildman–Crippen LogP) is -1.51. The molecule has 2 saturated heterocycles. The summed E-state index contributed by atoms with van der Waals surface area (Å²) in [5, 5.41) is 2.77. The third-order valence-electron chi connectivity index (χ3n) is 4.44. The Hall–Kier alpha value is -2.15. The van der Waals surface area contributed by atoms with Crippen molar-refractivity contribution in [1.82, 2.24) is 10.2 Å². The van der Waals surface area contributed by atoms with Crippen LogP contribution in [0.25, 0.3) is 0 Å². The van der Waals surface area contributed by atoms with Crippen LogP contribution in [0, 0.1) is 5.82 Å². The number of rotatable bonds is 3. The molecule has 0 saturated carbocycles. The maximum absolute atomic E-state index is 13.8. The monoisotopic (exact) mass is 321 g/mol. The summed E-state index contributed by atoms with van der Waals surface area (Å²) in [6, 6.07) is 6.72. The normalized spacial score (nSPS) is 22.0. The van der Waals surface area contributed by atoms with Crippen LogP contribution in [0.5, 0.6) is 0 Å². The fourth-order valence-electron chi connectivity index (χ4n) is 3.14. The van der Waals surface area contributed by atoms with E-state index in [1.807, 2.05) is 15.9 Å². The molecule has 1 aromatic rings. The maximum atomic E-state index is 13.8. The van der Waals surface area contributed by atoms with Crippen LogP contribution in [0.3, 0.4) is 0 Å². The molecule has 2 aliphatic heterocycles. The van der Waals surface area contributed by atoms with Gasteiger partial charge >= 0.3 is 0 Å². The Labute approximate surface area is 134 Å². The number of hydrogen-bond acceptors (Lipinski definition) is 3. The van der Waals surface area contributed by atoms with Crippen molar-refractivity contribution in [2.24, 2.45) is 0 Å². The Morgan fingerprint density at radius 2 is 1.96 bits per heavy atom. The van der Waals surface area contributed by atoms with Crippen LogP contribution < -0.4 is 15.1 Å². The third kappa shape index (κ3) is 3.79. The number of hydrogen-bond donors (Lipinski definition) is 2. The molecule has 23 heavy (non-hydrogen) atoms. The molecule has 7 heteroatoms. The Balaban J connectivity index is 1.51. The molecule has 0 bridgehead atoms. The quantitative estimate of drug-likeness (QED) is 0.712. The van der Waals surface area contributed by atoms with Crippen molar-refractivity contribution >= 4 is 17.5 Å². The van der Waals surface area contributed by atoms with Crippen molar-refractivity contribution in [2.75, 3.05) is 57.3 Å². The van der Waals surface area contributed by atoms with Gasteiger partial charge in [0.05, 0.1) is 18.8 Å². The number of anilines is 1. The second-order valence-corrected chi connectivity index (χ2v) is 6.02. The topological polar surface area (TPSA) is 57.1 Å². The van der Waals surface area contributed by atoms with Gasteiger partial charge in [-0.05, 0) is 12.1 Å². The fraction of sp³-hybridized carbons (Fsp3) is 0.500. The summed E-state index contributed by atoms with van der Waals surface area (Å²) in [6.45, 7) is 4.56. The van der Waals surface area contributed by atoms with E-state index < -0.39 is 0 Å². The SMILES string of the molecule is O=C1C[NH+](CC(=O)N2CCN(c3ccccc3F)CC2)CCN1. The van der Waals surface area contributed by atoms with Crippen molar-refractivity contribution in [3.8, 4) is 0 Å². The lowest BCUT2D eigenvalue weighted by Crippen LogP contribution is -3.16. The average molecular weight is 321 g/mol. The van der Waals surface area contributed by atoms with Crippen molar-refractivity contribution in [1.29, 1.82) is 0 Å². The summed E-state index contributed by atoms with van der Waals surface area (Å²) < 4.78 is 13.8. The minimum atomic E-state index is -0.226. The standard InChI is InChI=1S/C16H21FN4O2/c17-13-3-1-2-4-14(13)20-7-9-21(10-8-20)16(23)12-19-6-5-18-15(22)11-19/h1-4H,5-12H2,(H,18,22)/p+1. The number of piperazine rings is 2. The van der Waals surface area contributed by atoms with Gasteiger partial charge in [0.15, 0.2) is 13.1 Å². The lowest BCUT2D eigenvalue weighted by atomic mass is 10.2. The Bertz CT molecular complexity index is 587. The molecule has 3 rings (SSSR count). The third-order valence-corrected chi connectivity index (χ3v) is 4.44. The fourth-order valence-corrected chi connectivity index (χ4v) is 3.14. The van der Waals surface area contributed by atoms with E-state index in [4.69, 9.17) is 0 Å². The van der Waals surface area contributed by atoms with Gasteiger partial charge in [-0.25, -0.2) is 4.39 Å². The number of benzene rings is 1. The number of nitrogens with zero attached hydrogens (tertiary/aromatic N) is 2. The van der Waals surface area contributed by atoms with Crippen molar-refractivity contribution in [3.05, 3.63) is 30.1 Å². The highest BCUT2D eigenvalue weighted by atomic mass is 19.1. The van der Waals surface area contributed by atoms with Gasteiger partial charge in [-0.2, -0.15) is 0 Å². The Morgan fingerprint density at radius 3 is 2.65 bits per heavy atom. The summed E-state index contributed by atoms with van der Waals surface area (Å²) in [5.74, 6) is -0.151. The van der Waals surface area contributed by atoms with Gasteiger partial charge in [0.25, 0.3) is 11.8 Å². The first-order chi connectivity index (χ1) is 11.1. The molecule has 1 aromatic carbocycles. The van der Waals surface area contributed by atoms with Crippen LogP contribution in [0.4, 0.5) is 10.1 Å². The van der Waals surface area contributed by atoms with Gasteiger partial charge in [0.1, 0.15) is 5.82 Å². The summed E-state index contributed by atoms with van der Waals surface area (Å²) in [5.41, 5.74) is 0.595. The van der Waals surface area contributed by atoms with Crippen LogP contribution in [0.2, 0.25) is 0 Å². The van der Waals surface area contributed by atoms with E-state index in [1.54, 1.807) is 12.1 Å². The van der Waals surface area contributed by atoms with Crippen molar-refractivity contribution in [3.63, 3.8) is 0 Å². The number of halogens is 1. The molecule has 0 radical (unpaired) electrons. The van der Waals surface area contributed by atoms with E-state index in [9.17, 15) is 14.0 Å². The molecule has 0 aromatic heterocycles. The molecule has 1 unspecified atom stereocenters. The first kappa shape index (κ1) is 15.7. The summed E-state index contributed by atoms with van der Waals surface area (Å²) in [7, 11) is 0. The molecular formula is C16H22FN4O2+. The predicted molar refractivity (Wildman–Crippen MR) is 83.8 cm³/mol. The highest BCUT2D eigenvalue weighted by Gasteiger charge is 2.27. The minimum Gasteiger partial charge on any atom is -0.366 e. The van der Waals surface area contributed by atoms with Gasteiger partial charge in [-0.3, -0.25) is 9.59 Å². The summed E-state index contributed by atoms with van der Waals surface area (Å²) in [4.78, 5) is 28.5. The molecule has 6 nitrogen and oxygen atoms in total. The van der Waals surface area contributed by atoms with Crippen LogP contribution in [0.1, 0.15) is 0 Å². The molecule has 0 aliphatic carbocycles. The summed E-state index contributed by atoms with van der Waals surface area (Å²) >= 11 is 0. The number of nitrogens with one attached hydrogen (secondary N) is 2. The molecule has 2 aliphatic rings. The number of para-hydroxylation sites is 1. The van der Waals surface area contributed by atoms with Crippen molar-refractivity contribution in [2.45, 2.75) is 0 Å². The van der Waals surface area contributed by atoms with Gasteiger partial charge in [-0.1, -0.05) is 12.1 Å². The van der Waals surface area contributed by atoms with E-state index in [-0.39, 0.29) is 17.6 Å². The van der Waals surface area contributed by atoms with Crippen LogP contribution >= 0.6 is 0 Å². The zero-order valence-corrected chi connectivity index (χ0v) is 13.1. The van der Waals surface area contributed by atoms with Gasteiger partial charge < -0.3 is 20.0 Å². The van der Waals surface area contributed by atoms with Crippen LogP contribution in [0.15, 0.2) is 24.3 Å². The number of carbonyl (C=O) groups excluding carboxylic acids is 2. The molecule has 0 spiro atoms. The highest BCUT2D eigenvalue weighted by molar-refractivity contribution is 5.79. The molecular weight excluding hydrogens is 299 g/mol. The first-order valence-electron chi connectivity index (χ1n) is 8.01. The molecule has 2 fully saturated rings. The Morgan fingerprint density at radius 1 is 1.22 bits per heavy atom. The molecule has 2 N–H and O–H groups in total. The zero-order valence-electron chi connectivity index (χ0n) is 13.1. The second-order valence-electron chi connectivity index (χ2n) is 6.02. The van der Waals surface area contributed by atoms with E-state index in [0.29, 0.717) is 51.5 Å². The lowest BCUT2D eigenvalue weighted by Gasteiger charge is -2.36. The van der Waals surface area contributed by atoms with Crippen molar-refractivity contribution < 1.29 is 18.9 Å². The van der Waals surface area contributed by atoms with E-state index in [2.05, 4.69) is 5.32 Å². The second kappa shape index (κ2) is 6.95. The number of amides is 2. The highest BCUT2D eigenvalue weighted by Crippen LogP contribution is 2.19. The van der Waals surface area contributed by atoms with Crippen LogP contribution in [-0.2, 0) is 9.59 Å². The average Bonchev–Trinajstić information content (AvgIpc) is 2.55. The number of carbonyl (C=O) groups is 2. The molecule has 124 valence electrons. The van der Waals surface area contributed by atoms with E-state index >= 15 is 0 Å².